The monoisotopic (exact) mass is 441 g/mol. The Kier molecular flexibility index (Phi) is 6.06. The van der Waals surface area contributed by atoms with Gasteiger partial charge in [0.2, 0.25) is 10.0 Å². The number of benzene rings is 1. The fourth-order valence-electron chi connectivity index (χ4n) is 4.03. The predicted octanol–water partition coefficient (Wildman–Crippen LogP) is 3.23. The first kappa shape index (κ1) is 21.5. The molecule has 0 spiro atoms. The normalized spacial score (nSPS) is 17.7. The zero-order chi connectivity index (χ0) is 22.0. The number of pyridine rings is 1. The minimum absolute atomic E-state index is 0.0428. The largest absolute Gasteiger partial charge is 0.331 e. The SMILES string of the molecule is CCCn1cnc2cc(NC(=O)c3ccc([C@H]4CCCN(S(C)(=O)=O)C4)nc3)ccc21. The number of sulfonamides is 1. The first-order chi connectivity index (χ1) is 14.8. The average Bonchev–Trinajstić information content (AvgIpc) is 3.16. The Hall–Kier alpha value is -2.78. The number of nitrogens with zero attached hydrogens (tertiary/aromatic N) is 4. The summed E-state index contributed by atoms with van der Waals surface area (Å²) in [4.78, 5) is 21.5. The Morgan fingerprint density at radius 3 is 2.77 bits per heavy atom. The summed E-state index contributed by atoms with van der Waals surface area (Å²) in [6.07, 6.45) is 7.33. The summed E-state index contributed by atoms with van der Waals surface area (Å²) in [5.74, 6) is -0.200. The van der Waals surface area contributed by atoms with Crippen LogP contribution in [0, 0.1) is 0 Å². The van der Waals surface area contributed by atoms with E-state index in [1.807, 2.05) is 30.6 Å². The molecule has 3 heterocycles. The van der Waals surface area contributed by atoms with Gasteiger partial charge in [0.25, 0.3) is 5.91 Å². The third kappa shape index (κ3) is 4.77. The lowest BCUT2D eigenvalue weighted by Crippen LogP contribution is -2.38. The topological polar surface area (TPSA) is 97.2 Å². The average molecular weight is 442 g/mol. The molecule has 8 nitrogen and oxygen atoms in total. The lowest BCUT2D eigenvalue weighted by Gasteiger charge is -2.30. The molecule has 9 heteroatoms. The summed E-state index contributed by atoms with van der Waals surface area (Å²) >= 11 is 0. The van der Waals surface area contributed by atoms with Gasteiger partial charge in [-0.05, 0) is 49.6 Å². The van der Waals surface area contributed by atoms with Crippen LogP contribution in [0.2, 0.25) is 0 Å². The molecule has 1 N–H and O–H groups in total. The molecular weight excluding hydrogens is 414 g/mol. The predicted molar refractivity (Wildman–Crippen MR) is 121 cm³/mol. The van der Waals surface area contributed by atoms with Gasteiger partial charge in [-0.2, -0.15) is 0 Å². The molecule has 0 unspecified atom stereocenters. The van der Waals surface area contributed by atoms with Crippen LogP contribution in [-0.2, 0) is 16.6 Å². The number of fused-ring (bicyclic) bond motifs is 1. The summed E-state index contributed by atoms with van der Waals surface area (Å²) in [6.45, 7) is 4.01. The lowest BCUT2D eigenvalue weighted by molar-refractivity contribution is 0.102. The molecule has 0 saturated carbocycles. The van der Waals surface area contributed by atoms with Crippen molar-refractivity contribution in [3.05, 3.63) is 54.1 Å². The van der Waals surface area contributed by atoms with Crippen molar-refractivity contribution in [3.8, 4) is 0 Å². The number of rotatable bonds is 6. The summed E-state index contributed by atoms with van der Waals surface area (Å²) in [5.41, 5.74) is 3.83. The van der Waals surface area contributed by atoms with Crippen LogP contribution in [0.4, 0.5) is 5.69 Å². The molecule has 2 aromatic heterocycles. The molecule has 0 aliphatic carbocycles. The van der Waals surface area contributed by atoms with Crippen LogP contribution >= 0.6 is 0 Å². The number of imidazole rings is 1. The Morgan fingerprint density at radius 2 is 2.06 bits per heavy atom. The highest BCUT2D eigenvalue weighted by Crippen LogP contribution is 2.27. The van der Waals surface area contributed by atoms with E-state index in [0.717, 1.165) is 42.5 Å². The minimum atomic E-state index is -3.21. The number of carbonyl (C=O) groups is 1. The van der Waals surface area contributed by atoms with Gasteiger partial charge in [0, 0.05) is 43.1 Å². The van der Waals surface area contributed by atoms with Crippen molar-refractivity contribution in [1.82, 2.24) is 18.8 Å². The van der Waals surface area contributed by atoms with E-state index in [9.17, 15) is 13.2 Å². The second kappa shape index (κ2) is 8.76. The number of nitrogens with one attached hydrogen (secondary N) is 1. The van der Waals surface area contributed by atoms with E-state index in [1.54, 1.807) is 12.3 Å². The summed E-state index contributed by atoms with van der Waals surface area (Å²) < 4.78 is 27.3. The highest BCUT2D eigenvalue weighted by Gasteiger charge is 2.27. The van der Waals surface area contributed by atoms with Gasteiger partial charge in [-0.25, -0.2) is 17.7 Å². The van der Waals surface area contributed by atoms with Crippen LogP contribution in [0.3, 0.4) is 0 Å². The standard InChI is InChI=1S/C22H27N5O3S/c1-3-10-26-15-24-20-12-18(7-9-21(20)26)25-22(28)16-6-8-19(23-13-16)17-5-4-11-27(14-17)31(2,29)30/h6-9,12-13,15,17H,3-5,10-11,14H2,1-2H3,(H,25,28)/t17-/m0/s1. The number of amides is 1. The maximum absolute atomic E-state index is 12.7. The van der Waals surface area contributed by atoms with Crippen molar-refractivity contribution in [1.29, 1.82) is 0 Å². The third-order valence-corrected chi connectivity index (χ3v) is 6.93. The molecule has 3 aromatic rings. The minimum Gasteiger partial charge on any atom is -0.331 e. The van der Waals surface area contributed by atoms with Gasteiger partial charge >= 0.3 is 0 Å². The number of aryl methyl sites for hydroxylation is 1. The van der Waals surface area contributed by atoms with Gasteiger partial charge in [-0.3, -0.25) is 9.78 Å². The van der Waals surface area contributed by atoms with E-state index < -0.39 is 10.0 Å². The van der Waals surface area contributed by atoms with Crippen LogP contribution < -0.4 is 5.32 Å². The molecule has 1 fully saturated rings. The zero-order valence-electron chi connectivity index (χ0n) is 17.8. The maximum atomic E-state index is 12.7. The van der Waals surface area contributed by atoms with E-state index >= 15 is 0 Å². The van der Waals surface area contributed by atoms with Gasteiger partial charge in [-0.15, -0.1) is 0 Å². The summed E-state index contributed by atoms with van der Waals surface area (Å²) in [7, 11) is -3.21. The highest BCUT2D eigenvalue weighted by molar-refractivity contribution is 7.88. The van der Waals surface area contributed by atoms with Gasteiger partial charge in [-0.1, -0.05) is 6.92 Å². The molecule has 1 saturated heterocycles. The van der Waals surface area contributed by atoms with Crippen molar-refractivity contribution >= 4 is 32.7 Å². The lowest BCUT2D eigenvalue weighted by atomic mass is 9.95. The van der Waals surface area contributed by atoms with E-state index in [0.29, 0.717) is 24.3 Å². The van der Waals surface area contributed by atoms with Gasteiger partial charge in [0.1, 0.15) is 0 Å². The van der Waals surface area contributed by atoms with Crippen LogP contribution in [0.25, 0.3) is 11.0 Å². The van der Waals surface area contributed by atoms with E-state index in [-0.39, 0.29) is 11.8 Å². The van der Waals surface area contributed by atoms with Crippen LogP contribution in [0.15, 0.2) is 42.9 Å². The fourth-order valence-corrected chi connectivity index (χ4v) is 4.94. The first-order valence-corrected chi connectivity index (χ1v) is 12.4. The molecule has 1 aliphatic rings. The Labute approximate surface area is 182 Å². The smallest absolute Gasteiger partial charge is 0.257 e. The molecule has 0 radical (unpaired) electrons. The Bertz CT molecular complexity index is 1190. The molecule has 1 amide bonds. The second-order valence-electron chi connectivity index (χ2n) is 8.03. The fraction of sp³-hybridized carbons (Fsp3) is 0.409. The molecular formula is C22H27N5O3S. The zero-order valence-corrected chi connectivity index (χ0v) is 18.6. The number of piperidine rings is 1. The number of carbonyl (C=O) groups excluding carboxylic acids is 1. The van der Waals surface area contributed by atoms with Crippen molar-refractivity contribution in [2.75, 3.05) is 24.7 Å². The van der Waals surface area contributed by atoms with Crippen LogP contribution in [-0.4, -0.2) is 52.5 Å². The van der Waals surface area contributed by atoms with Crippen LogP contribution in [0.5, 0.6) is 0 Å². The van der Waals surface area contributed by atoms with Gasteiger partial charge < -0.3 is 9.88 Å². The van der Waals surface area contributed by atoms with E-state index in [2.05, 4.69) is 26.8 Å². The van der Waals surface area contributed by atoms with E-state index in [4.69, 9.17) is 0 Å². The summed E-state index contributed by atoms with van der Waals surface area (Å²) in [6, 6.07) is 9.26. The Balaban J connectivity index is 1.44. The number of anilines is 1. The quantitative estimate of drug-likeness (QED) is 0.633. The van der Waals surface area contributed by atoms with Crippen LogP contribution in [0.1, 0.15) is 48.2 Å². The van der Waals surface area contributed by atoms with Crippen molar-refractivity contribution < 1.29 is 13.2 Å². The molecule has 4 rings (SSSR count). The number of hydrogen-bond donors (Lipinski definition) is 1. The molecule has 1 atom stereocenters. The van der Waals surface area contributed by atoms with Gasteiger partial charge in [0.05, 0.1) is 29.2 Å². The molecule has 1 aromatic carbocycles. The Morgan fingerprint density at radius 1 is 1.23 bits per heavy atom. The van der Waals surface area contributed by atoms with Gasteiger partial charge in [0.15, 0.2) is 0 Å². The molecule has 164 valence electrons. The highest BCUT2D eigenvalue weighted by atomic mass is 32.2. The molecule has 1 aliphatic heterocycles. The van der Waals surface area contributed by atoms with E-state index in [1.165, 1.54) is 10.6 Å². The number of hydrogen-bond acceptors (Lipinski definition) is 5. The molecule has 0 bridgehead atoms. The summed E-state index contributed by atoms with van der Waals surface area (Å²) in [5, 5.41) is 2.90. The maximum Gasteiger partial charge on any atom is 0.257 e. The van der Waals surface area contributed by atoms with Crippen molar-refractivity contribution in [2.24, 2.45) is 0 Å². The molecule has 31 heavy (non-hydrogen) atoms. The second-order valence-corrected chi connectivity index (χ2v) is 10.0. The first-order valence-electron chi connectivity index (χ1n) is 10.5. The van der Waals surface area contributed by atoms with Crippen molar-refractivity contribution in [2.45, 2.75) is 38.6 Å². The third-order valence-electron chi connectivity index (χ3n) is 5.66. The van der Waals surface area contributed by atoms with Crippen molar-refractivity contribution in [3.63, 3.8) is 0 Å². The number of aromatic nitrogens is 3.